The molecule has 0 fully saturated rings. The van der Waals surface area contributed by atoms with Crippen molar-refractivity contribution in [1.29, 1.82) is 0 Å². The maximum Gasteiger partial charge on any atom is 0.416 e. The molecule has 1 N–H and O–H groups in total. The van der Waals surface area contributed by atoms with Crippen LogP contribution in [-0.4, -0.2) is 46.3 Å². The van der Waals surface area contributed by atoms with Crippen LogP contribution >= 0.6 is 0 Å². The first-order valence-corrected chi connectivity index (χ1v) is 9.35. The van der Waals surface area contributed by atoms with E-state index in [4.69, 9.17) is 0 Å². The van der Waals surface area contributed by atoms with E-state index in [1.807, 2.05) is 20.8 Å². The summed E-state index contributed by atoms with van der Waals surface area (Å²) < 4.78 is 40.2. The molecular weight excluding hydrogens is 385 g/mol. The van der Waals surface area contributed by atoms with Crippen molar-refractivity contribution in [3.05, 3.63) is 57.5 Å². The van der Waals surface area contributed by atoms with Gasteiger partial charge in [0, 0.05) is 30.9 Å². The summed E-state index contributed by atoms with van der Waals surface area (Å²) in [7, 11) is 0. The van der Waals surface area contributed by atoms with Gasteiger partial charge in [0.25, 0.3) is 5.91 Å². The zero-order valence-electron chi connectivity index (χ0n) is 16.9. The van der Waals surface area contributed by atoms with Crippen LogP contribution in [0.5, 0.6) is 0 Å². The summed E-state index contributed by atoms with van der Waals surface area (Å²) in [5.41, 5.74) is -1.35. The van der Waals surface area contributed by atoms with Crippen molar-refractivity contribution < 1.29 is 18.0 Å². The smallest absolute Gasteiger partial charge is 0.349 e. The fourth-order valence-corrected chi connectivity index (χ4v) is 2.96. The van der Waals surface area contributed by atoms with E-state index >= 15 is 0 Å². The maximum atomic E-state index is 13.0. The molecule has 0 atom stereocenters. The first kappa shape index (κ1) is 22.6. The molecule has 1 heterocycles. The van der Waals surface area contributed by atoms with Crippen LogP contribution in [-0.2, 0) is 6.18 Å². The zero-order chi connectivity index (χ0) is 21.8. The van der Waals surface area contributed by atoms with Crippen LogP contribution in [0.3, 0.4) is 0 Å². The lowest BCUT2D eigenvalue weighted by molar-refractivity contribution is -0.137. The topological polar surface area (TPSA) is 67.2 Å². The number of benzene rings is 1. The van der Waals surface area contributed by atoms with Crippen LogP contribution in [0.25, 0.3) is 5.69 Å². The summed E-state index contributed by atoms with van der Waals surface area (Å²) in [6.07, 6.45) is -4.51. The van der Waals surface area contributed by atoms with Gasteiger partial charge in [0.15, 0.2) is 5.69 Å². The van der Waals surface area contributed by atoms with Gasteiger partial charge in [-0.05, 0) is 45.5 Å². The average molecular weight is 410 g/mol. The molecule has 0 bridgehead atoms. The van der Waals surface area contributed by atoms with Crippen LogP contribution in [0, 0.1) is 6.92 Å². The number of carbonyl (C=O) groups excluding carboxylic acids is 1. The molecule has 158 valence electrons. The van der Waals surface area contributed by atoms with Gasteiger partial charge in [-0.3, -0.25) is 14.5 Å². The molecule has 0 aliphatic heterocycles. The highest BCUT2D eigenvalue weighted by Crippen LogP contribution is 2.30. The molecule has 2 rings (SSSR count). The molecule has 0 radical (unpaired) electrons. The minimum Gasteiger partial charge on any atom is -0.349 e. The molecule has 1 amide bonds. The van der Waals surface area contributed by atoms with Crippen molar-refractivity contribution in [2.75, 3.05) is 19.6 Å². The van der Waals surface area contributed by atoms with Crippen molar-refractivity contribution >= 4 is 5.91 Å². The number of nitrogens with one attached hydrogen (secondary N) is 1. The normalized spacial score (nSPS) is 11.9. The quantitative estimate of drug-likeness (QED) is 0.762. The van der Waals surface area contributed by atoms with Crippen molar-refractivity contribution in [3.8, 4) is 5.69 Å². The van der Waals surface area contributed by atoms with Crippen molar-refractivity contribution in [2.24, 2.45) is 0 Å². The molecule has 0 unspecified atom stereocenters. The van der Waals surface area contributed by atoms with Gasteiger partial charge in [-0.2, -0.15) is 18.3 Å². The molecule has 1 aromatic heterocycles. The third kappa shape index (κ3) is 5.66. The Morgan fingerprint density at radius 1 is 1.28 bits per heavy atom. The standard InChI is InChI=1S/C20H25F3N4O2/c1-5-26(13(2)3)10-9-24-19(29)18-17(28)11-14(4)27(25-18)16-8-6-7-15(12-16)20(21,22)23/h6-8,11-13H,5,9-10H2,1-4H3,(H,24,29). The maximum absolute atomic E-state index is 13.0. The van der Waals surface area contributed by atoms with Gasteiger partial charge in [0.05, 0.1) is 11.3 Å². The van der Waals surface area contributed by atoms with E-state index in [0.29, 0.717) is 24.8 Å². The van der Waals surface area contributed by atoms with E-state index in [1.54, 1.807) is 0 Å². The Labute approximate surface area is 167 Å². The molecule has 0 spiro atoms. The van der Waals surface area contributed by atoms with Gasteiger partial charge in [0.2, 0.25) is 5.43 Å². The lowest BCUT2D eigenvalue weighted by Gasteiger charge is -2.24. The second kappa shape index (κ2) is 9.21. The first-order chi connectivity index (χ1) is 13.5. The van der Waals surface area contributed by atoms with E-state index < -0.39 is 23.1 Å². The summed E-state index contributed by atoms with van der Waals surface area (Å²) in [5.74, 6) is -0.657. The van der Waals surface area contributed by atoms with E-state index in [9.17, 15) is 22.8 Å². The van der Waals surface area contributed by atoms with Gasteiger partial charge in [0.1, 0.15) is 0 Å². The molecule has 0 saturated carbocycles. The van der Waals surface area contributed by atoms with Crippen LogP contribution in [0.1, 0.15) is 42.5 Å². The number of alkyl halides is 3. The molecule has 2 aromatic rings. The highest BCUT2D eigenvalue weighted by atomic mass is 19.4. The molecule has 6 nitrogen and oxygen atoms in total. The molecule has 0 aliphatic rings. The van der Waals surface area contributed by atoms with Crippen molar-refractivity contribution in [2.45, 2.75) is 39.9 Å². The van der Waals surface area contributed by atoms with Crippen molar-refractivity contribution in [3.63, 3.8) is 0 Å². The molecule has 1 aromatic carbocycles. The number of hydrogen-bond donors (Lipinski definition) is 1. The van der Waals surface area contributed by atoms with E-state index in [2.05, 4.69) is 15.3 Å². The molecular formula is C20H25F3N4O2. The third-order valence-electron chi connectivity index (χ3n) is 4.56. The fraction of sp³-hybridized carbons (Fsp3) is 0.450. The summed E-state index contributed by atoms with van der Waals surface area (Å²) in [6, 6.07) is 6.06. The largest absolute Gasteiger partial charge is 0.416 e. The van der Waals surface area contributed by atoms with Crippen LogP contribution in [0.15, 0.2) is 35.1 Å². The lowest BCUT2D eigenvalue weighted by Crippen LogP contribution is -2.40. The first-order valence-electron chi connectivity index (χ1n) is 9.35. The Kier molecular flexibility index (Phi) is 7.18. The highest BCUT2D eigenvalue weighted by Gasteiger charge is 2.30. The number of hydrogen-bond acceptors (Lipinski definition) is 4. The number of rotatable bonds is 7. The second-order valence-electron chi connectivity index (χ2n) is 6.94. The third-order valence-corrected chi connectivity index (χ3v) is 4.56. The van der Waals surface area contributed by atoms with Gasteiger partial charge in [-0.25, -0.2) is 4.68 Å². The summed E-state index contributed by atoms with van der Waals surface area (Å²) in [5, 5.41) is 6.69. The van der Waals surface area contributed by atoms with Gasteiger partial charge in [-0.15, -0.1) is 0 Å². The number of carbonyl (C=O) groups is 1. The Morgan fingerprint density at radius 3 is 2.55 bits per heavy atom. The zero-order valence-corrected chi connectivity index (χ0v) is 16.9. The molecule has 0 aliphatic carbocycles. The molecule has 9 heteroatoms. The summed E-state index contributed by atoms with van der Waals surface area (Å²) >= 11 is 0. The van der Waals surface area contributed by atoms with Crippen LogP contribution in [0.4, 0.5) is 13.2 Å². The molecule has 29 heavy (non-hydrogen) atoms. The second-order valence-corrected chi connectivity index (χ2v) is 6.94. The van der Waals surface area contributed by atoms with Gasteiger partial charge < -0.3 is 5.32 Å². The Hall–Kier alpha value is -2.68. The predicted molar refractivity (Wildman–Crippen MR) is 104 cm³/mol. The summed E-state index contributed by atoms with van der Waals surface area (Å²) in [4.78, 5) is 26.8. The monoisotopic (exact) mass is 410 g/mol. The number of halogens is 3. The predicted octanol–water partition coefficient (Wildman–Crippen LogP) is 3.02. The number of aryl methyl sites for hydroxylation is 1. The number of nitrogens with zero attached hydrogens (tertiary/aromatic N) is 3. The SMILES string of the molecule is CCN(CCNC(=O)c1nn(-c2cccc(C(F)(F)F)c2)c(C)cc1=O)C(C)C. The fourth-order valence-electron chi connectivity index (χ4n) is 2.96. The van der Waals surface area contributed by atoms with E-state index in [0.717, 1.165) is 23.4 Å². The molecule has 0 saturated heterocycles. The number of amides is 1. The lowest BCUT2D eigenvalue weighted by atomic mass is 10.2. The Morgan fingerprint density at radius 2 is 1.97 bits per heavy atom. The number of likely N-dealkylation sites (N-methyl/N-ethyl adjacent to an activating group) is 1. The number of aromatic nitrogens is 2. The minimum atomic E-state index is -4.51. The Bertz CT molecular complexity index is 923. The highest BCUT2D eigenvalue weighted by molar-refractivity contribution is 5.92. The van der Waals surface area contributed by atoms with Gasteiger partial charge in [-0.1, -0.05) is 13.0 Å². The minimum absolute atomic E-state index is 0.114. The van der Waals surface area contributed by atoms with E-state index in [-0.39, 0.29) is 11.4 Å². The van der Waals surface area contributed by atoms with E-state index in [1.165, 1.54) is 25.1 Å². The van der Waals surface area contributed by atoms with Gasteiger partial charge >= 0.3 is 6.18 Å². The Balaban J connectivity index is 2.28. The van der Waals surface area contributed by atoms with Crippen LogP contribution in [0.2, 0.25) is 0 Å². The average Bonchev–Trinajstić information content (AvgIpc) is 2.64. The van der Waals surface area contributed by atoms with Crippen LogP contribution < -0.4 is 10.7 Å². The van der Waals surface area contributed by atoms with Crippen molar-refractivity contribution in [1.82, 2.24) is 20.0 Å². The summed E-state index contributed by atoms with van der Waals surface area (Å²) in [6.45, 7) is 9.38.